The summed E-state index contributed by atoms with van der Waals surface area (Å²) in [5.41, 5.74) is 8.62. The normalized spacial score (nSPS) is 10.9. The van der Waals surface area contributed by atoms with Crippen LogP contribution in [0, 0.1) is 0 Å². The van der Waals surface area contributed by atoms with Gasteiger partial charge >= 0.3 is 0 Å². The first-order valence-corrected chi connectivity index (χ1v) is 7.09. The van der Waals surface area contributed by atoms with Crippen LogP contribution in [0.1, 0.15) is 19.8 Å². The smallest absolute Gasteiger partial charge is 0.222 e. The molecule has 0 bridgehead atoms. The van der Waals surface area contributed by atoms with Crippen molar-refractivity contribution in [3.05, 3.63) is 30.5 Å². The lowest BCUT2D eigenvalue weighted by Gasteiger charge is -2.09. The van der Waals surface area contributed by atoms with Crippen LogP contribution in [0.3, 0.4) is 0 Å². The van der Waals surface area contributed by atoms with E-state index in [1.54, 1.807) is 6.20 Å². The van der Waals surface area contributed by atoms with Gasteiger partial charge in [0.05, 0.1) is 11.2 Å². The van der Waals surface area contributed by atoms with Crippen molar-refractivity contribution in [1.82, 2.24) is 20.2 Å². The van der Waals surface area contributed by atoms with Gasteiger partial charge in [0.15, 0.2) is 0 Å². The zero-order chi connectivity index (χ0) is 14.7. The minimum absolute atomic E-state index is 0.281. The van der Waals surface area contributed by atoms with E-state index in [9.17, 15) is 0 Å². The number of fused-ring (bicyclic) bond motifs is 1. The molecule has 0 spiro atoms. The minimum Gasteiger partial charge on any atom is -0.369 e. The standard InChI is InChI=1S/C15H18N6/c1-2-3-7-17-14-11-5-4-10(12-6-8-18-21-12)9-13(11)19-15(16)20-14/h4-6,8-9H,2-3,7H2,1H3,(H,18,21)(H3,16,17,19,20). The highest BCUT2D eigenvalue weighted by Crippen LogP contribution is 2.26. The van der Waals surface area contributed by atoms with Crippen molar-refractivity contribution >= 4 is 22.7 Å². The van der Waals surface area contributed by atoms with Gasteiger partial charge in [0.1, 0.15) is 5.82 Å². The Morgan fingerprint density at radius 3 is 2.90 bits per heavy atom. The van der Waals surface area contributed by atoms with Crippen LogP contribution in [0.5, 0.6) is 0 Å². The van der Waals surface area contributed by atoms with Crippen LogP contribution < -0.4 is 11.1 Å². The summed E-state index contributed by atoms with van der Waals surface area (Å²) in [6, 6.07) is 7.96. The van der Waals surface area contributed by atoms with E-state index in [1.165, 1.54) is 0 Å². The number of benzene rings is 1. The third kappa shape index (κ3) is 2.79. The molecule has 0 radical (unpaired) electrons. The molecule has 0 saturated carbocycles. The Morgan fingerprint density at radius 2 is 2.14 bits per heavy atom. The van der Waals surface area contributed by atoms with E-state index in [4.69, 9.17) is 5.73 Å². The number of rotatable bonds is 5. The Morgan fingerprint density at radius 1 is 1.24 bits per heavy atom. The molecule has 6 heteroatoms. The quantitative estimate of drug-likeness (QED) is 0.626. The number of hydrogen-bond acceptors (Lipinski definition) is 5. The second-order valence-electron chi connectivity index (χ2n) is 4.91. The van der Waals surface area contributed by atoms with Crippen LogP contribution in [0.25, 0.3) is 22.2 Å². The number of H-pyrrole nitrogens is 1. The van der Waals surface area contributed by atoms with Crippen LogP contribution in [0.2, 0.25) is 0 Å². The molecule has 0 amide bonds. The summed E-state index contributed by atoms with van der Waals surface area (Å²) in [6.07, 6.45) is 3.96. The number of hydrogen-bond donors (Lipinski definition) is 3. The largest absolute Gasteiger partial charge is 0.369 e. The molecule has 3 rings (SSSR count). The number of aromatic amines is 1. The fraction of sp³-hybridized carbons (Fsp3) is 0.267. The SMILES string of the molecule is CCCCNc1nc(N)nc2cc(-c3ccn[nH]3)ccc12. The molecule has 3 aromatic rings. The third-order valence-corrected chi connectivity index (χ3v) is 3.35. The number of nitrogens with two attached hydrogens (primary N) is 1. The number of nitrogen functional groups attached to an aromatic ring is 1. The Labute approximate surface area is 122 Å². The molecule has 0 fully saturated rings. The molecule has 108 valence electrons. The second-order valence-corrected chi connectivity index (χ2v) is 4.91. The second kappa shape index (κ2) is 5.78. The van der Waals surface area contributed by atoms with Crippen LogP contribution in [-0.2, 0) is 0 Å². The molecule has 2 aromatic heterocycles. The molecular formula is C15H18N6. The minimum atomic E-state index is 0.281. The molecule has 2 heterocycles. The number of nitrogens with one attached hydrogen (secondary N) is 2. The first-order valence-electron chi connectivity index (χ1n) is 7.09. The molecule has 6 nitrogen and oxygen atoms in total. The van der Waals surface area contributed by atoms with Gasteiger partial charge in [0.25, 0.3) is 0 Å². The highest BCUT2D eigenvalue weighted by atomic mass is 15.1. The summed E-state index contributed by atoms with van der Waals surface area (Å²) in [6.45, 7) is 3.04. The van der Waals surface area contributed by atoms with E-state index in [0.717, 1.165) is 47.4 Å². The van der Waals surface area contributed by atoms with Gasteiger partial charge < -0.3 is 11.1 Å². The van der Waals surface area contributed by atoms with Crippen LogP contribution >= 0.6 is 0 Å². The predicted octanol–water partition coefficient (Wildman–Crippen LogP) is 2.81. The molecule has 0 saturated heterocycles. The summed E-state index contributed by atoms with van der Waals surface area (Å²) in [4.78, 5) is 8.63. The molecular weight excluding hydrogens is 264 g/mol. The monoisotopic (exact) mass is 282 g/mol. The Kier molecular flexibility index (Phi) is 3.68. The Balaban J connectivity index is 2.01. The van der Waals surface area contributed by atoms with Gasteiger partial charge in [-0.05, 0) is 24.6 Å². The first kappa shape index (κ1) is 13.4. The van der Waals surface area contributed by atoms with Crippen molar-refractivity contribution in [3.8, 4) is 11.3 Å². The summed E-state index contributed by atoms with van der Waals surface area (Å²) >= 11 is 0. The van der Waals surface area contributed by atoms with Crippen LogP contribution in [-0.4, -0.2) is 26.7 Å². The molecule has 0 aliphatic heterocycles. The number of nitrogens with zero attached hydrogens (tertiary/aromatic N) is 3. The zero-order valence-corrected chi connectivity index (χ0v) is 11.9. The molecule has 0 aliphatic rings. The van der Waals surface area contributed by atoms with Crippen molar-refractivity contribution in [1.29, 1.82) is 0 Å². The van der Waals surface area contributed by atoms with Gasteiger partial charge in [-0.1, -0.05) is 19.4 Å². The van der Waals surface area contributed by atoms with Crippen LogP contribution in [0.4, 0.5) is 11.8 Å². The number of aromatic nitrogens is 4. The van der Waals surface area contributed by atoms with Gasteiger partial charge in [-0.25, -0.2) is 4.98 Å². The lowest BCUT2D eigenvalue weighted by Crippen LogP contribution is -2.06. The van der Waals surface area contributed by atoms with Gasteiger partial charge in [-0.2, -0.15) is 10.1 Å². The Bertz CT molecular complexity index is 735. The summed E-state index contributed by atoms with van der Waals surface area (Å²) in [5.74, 6) is 1.07. The average molecular weight is 282 g/mol. The van der Waals surface area contributed by atoms with Gasteiger partial charge in [-0.15, -0.1) is 0 Å². The van der Waals surface area contributed by atoms with Gasteiger partial charge in [-0.3, -0.25) is 5.10 Å². The fourth-order valence-electron chi connectivity index (χ4n) is 2.25. The number of unbranched alkanes of at least 4 members (excludes halogenated alkanes) is 1. The van der Waals surface area contributed by atoms with E-state index in [-0.39, 0.29) is 5.95 Å². The maximum absolute atomic E-state index is 5.82. The molecule has 0 atom stereocenters. The molecule has 0 unspecified atom stereocenters. The lowest BCUT2D eigenvalue weighted by molar-refractivity contribution is 0.832. The third-order valence-electron chi connectivity index (χ3n) is 3.35. The van der Waals surface area contributed by atoms with E-state index < -0.39 is 0 Å². The molecule has 21 heavy (non-hydrogen) atoms. The van der Waals surface area contributed by atoms with Crippen molar-refractivity contribution in [2.45, 2.75) is 19.8 Å². The van der Waals surface area contributed by atoms with Crippen molar-refractivity contribution < 1.29 is 0 Å². The maximum atomic E-state index is 5.82. The predicted molar refractivity (Wildman–Crippen MR) is 84.9 cm³/mol. The first-order chi connectivity index (χ1) is 10.3. The highest BCUT2D eigenvalue weighted by Gasteiger charge is 2.08. The fourth-order valence-corrected chi connectivity index (χ4v) is 2.25. The van der Waals surface area contributed by atoms with Crippen molar-refractivity contribution in [2.24, 2.45) is 0 Å². The molecule has 4 N–H and O–H groups in total. The molecule has 1 aromatic carbocycles. The summed E-state index contributed by atoms with van der Waals surface area (Å²) < 4.78 is 0. The lowest BCUT2D eigenvalue weighted by atomic mass is 10.1. The zero-order valence-electron chi connectivity index (χ0n) is 11.9. The highest BCUT2D eigenvalue weighted by molar-refractivity contribution is 5.92. The van der Waals surface area contributed by atoms with E-state index in [0.29, 0.717) is 0 Å². The molecule has 0 aliphatic carbocycles. The van der Waals surface area contributed by atoms with Gasteiger partial charge in [0, 0.05) is 23.7 Å². The van der Waals surface area contributed by atoms with Gasteiger partial charge in [0.2, 0.25) is 5.95 Å². The summed E-state index contributed by atoms with van der Waals surface area (Å²) in [5, 5.41) is 11.2. The van der Waals surface area contributed by atoms with Crippen LogP contribution in [0.15, 0.2) is 30.5 Å². The van der Waals surface area contributed by atoms with Crippen molar-refractivity contribution in [3.63, 3.8) is 0 Å². The Hall–Kier alpha value is -2.63. The van der Waals surface area contributed by atoms with E-state index >= 15 is 0 Å². The average Bonchev–Trinajstić information content (AvgIpc) is 3.01. The van der Waals surface area contributed by atoms with E-state index in [1.807, 2.05) is 24.3 Å². The maximum Gasteiger partial charge on any atom is 0.222 e. The van der Waals surface area contributed by atoms with Crippen molar-refractivity contribution in [2.75, 3.05) is 17.6 Å². The topological polar surface area (TPSA) is 92.5 Å². The van der Waals surface area contributed by atoms with E-state index in [2.05, 4.69) is 32.4 Å². The number of anilines is 2. The summed E-state index contributed by atoms with van der Waals surface area (Å²) in [7, 11) is 0.